The number of ether oxygens (including phenoxy) is 2. The van der Waals surface area contributed by atoms with E-state index >= 15 is 0 Å². The van der Waals surface area contributed by atoms with Gasteiger partial charge in [0, 0.05) is 0 Å². The van der Waals surface area contributed by atoms with Crippen molar-refractivity contribution in [2.45, 2.75) is 169 Å². The Kier molecular flexibility index (Phi) is 29.7. The minimum Gasteiger partial charge on any atom is -0.465 e. The van der Waals surface area contributed by atoms with Crippen LogP contribution in [0.1, 0.15) is 169 Å². The molecular formula is C34H66O4S. The van der Waals surface area contributed by atoms with Crippen molar-refractivity contribution in [3.8, 4) is 0 Å². The highest BCUT2D eigenvalue weighted by molar-refractivity contribution is 8.00. The van der Waals surface area contributed by atoms with Gasteiger partial charge < -0.3 is 9.47 Å². The van der Waals surface area contributed by atoms with Gasteiger partial charge >= 0.3 is 11.9 Å². The first-order valence-corrected chi connectivity index (χ1v) is 18.0. The van der Waals surface area contributed by atoms with Gasteiger partial charge in [-0.15, -0.1) is 11.8 Å². The molecular weight excluding hydrogens is 504 g/mol. The third kappa shape index (κ3) is 33.4. The maximum atomic E-state index is 11.8. The molecule has 0 radical (unpaired) electrons. The summed E-state index contributed by atoms with van der Waals surface area (Å²) in [4.78, 5) is 23.7. The first-order chi connectivity index (χ1) is 18.9. The van der Waals surface area contributed by atoms with E-state index in [9.17, 15) is 9.59 Å². The monoisotopic (exact) mass is 570 g/mol. The van der Waals surface area contributed by atoms with Gasteiger partial charge in [0.1, 0.15) is 0 Å². The van der Waals surface area contributed by atoms with Crippen molar-refractivity contribution >= 4 is 23.7 Å². The molecule has 0 aliphatic carbocycles. The van der Waals surface area contributed by atoms with Gasteiger partial charge in [0.25, 0.3) is 0 Å². The molecule has 0 rings (SSSR count). The van der Waals surface area contributed by atoms with Crippen molar-refractivity contribution in [3.05, 3.63) is 0 Å². The molecule has 0 bridgehead atoms. The molecule has 0 saturated heterocycles. The average Bonchev–Trinajstić information content (AvgIpc) is 2.89. The first kappa shape index (κ1) is 38.3. The summed E-state index contributed by atoms with van der Waals surface area (Å²) < 4.78 is 10.6. The smallest absolute Gasteiger partial charge is 0.315 e. The van der Waals surface area contributed by atoms with Gasteiger partial charge in [0.05, 0.1) is 24.7 Å². The second-order valence-electron chi connectivity index (χ2n) is 12.4. The summed E-state index contributed by atoms with van der Waals surface area (Å²) in [6.45, 7) is 10.2. The Balaban J connectivity index is 3.29. The van der Waals surface area contributed by atoms with Crippen LogP contribution >= 0.6 is 11.8 Å². The Bertz CT molecular complexity index is 489. The minimum atomic E-state index is -0.221. The molecule has 0 aromatic rings. The number of carbonyl (C=O) groups is 2. The van der Waals surface area contributed by atoms with Crippen molar-refractivity contribution in [3.63, 3.8) is 0 Å². The van der Waals surface area contributed by atoms with Crippen LogP contribution < -0.4 is 0 Å². The second kappa shape index (κ2) is 30.3. The van der Waals surface area contributed by atoms with Crippen LogP contribution in [-0.4, -0.2) is 36.7 Å². The zero-order chi connectivity index (χ0) is 28.8. The van der Waals surface area contributed by atoms with E-state index in [-0.39, 0.29) is 23.4 Å². The van der Waals surface area contributed by atoms with E-state index < -0.39 is 0 Å². The lowest BCUT2D eigenvalue weighted by atomic mass is 10.0. The molecule has 5 heteroatoms. The zero-order valence-electron chi connectivity index (χ0n) is 26.6. The van der Waals surface area contributed by atoms with E-state index in [1.165, 1.54) is 127 Å². The standard InChI is InChI=1S/C34H66O4S/c1-31(2)25-21-17-13-9-5-7-11-15-19-23-27-37-33(35)29-39-30-34(36)38-28-24-20-16-12-8-6-10-14-18-22-26-32(3)4/h31-32H,5-30H2,1-4H3. The lowest BCUT2D eigenvalue weighted by Gasteiger charge is -2.07. The van der Waals surface area contributed by atoms with Crippen molar-refractivity contribution in [2.75, 3.05) is 24.7 Å². The maximum Gasteiger partial charge on any atom is 0.315 e. The summed E-state index contributed by atoms with van der Waals surface area (Å²) in [5.74, 6) is 1.69. The summed E-state index contributed by atoms with van der Waals surface area (Å²) in [5, 5.41) is 0. The fourth-order valence-corrected chi connectivity index (χ4v) is 5.41. The number of rotatable bonds is 30. The Morgan fingerprint density at radius 2 is 0.692 bits per heavy atom. The topological polar surface area (TPSA) is 52.6 Å². The van der Waals surface area contributed by atoms with Crippen LogP contribution in [0.3, 0.4) is 0 Å². The predicted octanol–water partition coefficient (Wildman–Crippen LogP) is 10.7. The Morgan fingerprint density at radius 3 is 0.974 bits per heavy atom. The van der Waals surface area contributed by atoms with Gasteiger partial charge in [0.2, 0.25) is 0 Å². The Labute approximate surface area is 247 Å². The van der Waals surface area contributed by atoms with Crippen LogP contribution in [0, 0.1) is 11.8 Å². The number of unbranched alkanes of at least 4 members (excludes halogenated alkanes) is 18. The summed E-state index contributed by atoms with van der Waals surface area (Å²) in [7, 11) is 0. The molecule has 39 heavy (non-hydrogen) atoms. The number of carbonyl (C=O) groups excluding carboxylic acids is 2. The zero-order valence-corrected chi connectivity index (χ0v) is 27.4. The molecule has 0 saturated carbocycles. The highest BCUT2D eigenvalue weighted by atomic mass is 32.2. The molecule has 4 nitrogen and oxygen atoms in total. The van der Waals surface area contributed by atoms with Crippen LogP contribution in [0.2, 0.25) is 0 Å². The van der Waals surface area contributed by atoms with E-state index in [0.717, 1.165) is 37.5 Å². The lowest BCUT2D eigenvalue weighted by molar-refractivity contribution is -0.140. The van der Waals surface area contributed by atoms with E-state index in [2.05, 4.69) is 27.7 Å². The highest BCUT2D eigenvalue weighted by Crippen LogP contribution is 2.15. The van der Waals surface area contributed by atoms with Gasteiger partial charge in [0.15, 0.2) is 0 Å². The van der Waals surface area contributed by atoms with Gasteiger partial charge in [-0.2, -0.15) is 0 Å². The second-order valence-corrected chi connectivity index (χ2v) is 13.4. The molecule has 0 amide bonds. The lowest BCUT2D eigenvalue weighted by Crippen LogP contribution is -2.13. The van der Waals surface area contributed by atoms with Crippen LogP contribution in [0.4, 0.5) is 0 Å². The van der Waals surface area contributed by atoms with Crippen LogP contribution in [0.25, 0.3) is 0 Å². The molecule has 0 aromatic carbocycles. The molecule has 0 N–H and O–H groups in total. The van der Waals surface area contributed by atoms with Crippen molar-refractivity contribution in [1.82, 2.24) is 0 Å². The molecule has 0 aliphatic heterocycles. The van der Waals surface area contributed by atoms with E-state index in [4.69, 9.17) is 9.47 Å². The Morgan fingerprint density at radius 1 is 0.436 bits per heavy atom. The molecule has 0 unspecified atom stereocenters. The first-order valence-electron chi connectivity index (χ1n) is 16.8. The summed E-state index contributed by atoms with van der Waals surface area (Å²) in [6, 6.07) is 0. The van der Waals surface area contributed by atoms with Crippen molar-refractivity contribution in [1.29, 1.82) is 0 Å². The van der Waals surface area contributed by atoms with Gasteiger partial charge in [-0.25, -0.2) is 0 Å². The third-order valence-electron chi connectivity index (χ3n) is 7.32. The van der Waals surface area contributed by atoms with Crippen LogP contribution in [0.5, 0.6) is 0 Å². The molecule has 232 valence electrons. The van der Waals surface area contributed by atoms with E-state index in [1.807, 2.05) is 0 Å². The van der Waals surface area contributed by atoms with Gasteiger partial charge in [-0.1, -0.05) is 156 Å². The van der Waals surface area contributed by atoms with Crippen molar-refractivity contribution in [2.24, 2.45) is 11.8 Å². The Hall–Kier alpha value is -0.710. The average molecular weight is 571 g/mol. The fraction of sp³-hybridized carbons (Fsp3) is 0.941. The summed E-state index contributed by atoms with van der Waals surface area (Å²) in [6.07, 6.45) is 28.3. The van der Waals surface area contributed by atoms with Gasteiger partial charge in [-0.3, -0.25) is 9.59 Å². The largest absolute Gasteiger partial charge is 0.465 e. The van der Waals surface area contributed by atoms with Gasteiger partial charge in [-0.05, 0) is 24.7 Å². The fourth-order valence-electron chi connectivity index (χ4n) is 4.81. The number of hydrogen-bond donors (Lipinski definition) is 0. The normalized spacial score (nSPS) is 11.4. The van der Waals surface area contributed by atoms with E-state index in [1.54, 1.807) is 0 Å². The molecule has 0 aromatic heterocycles. The molecule has 0 spiro atoms. The number of hydrogen-bond acceptors (Lipinski definition) is 5. The predicted molar refractivity (Wildman–Crippen MR) is 170 cm³/mol. The quantitative estimate of drug-likeness (QED) is 0.0635. The van der Waals surface area contributed by atoms with Crippen molar-refractivity contribution < 1.29 is 19.1 Å². The highest BCUT2D eigenvalue weighted by Gasteiger charge is 2.08. The van der Waals surface area contributed by atoms with Crippen LogP contribution in [0.15, 0.2) is 0 Å². The third-order valence-corrected chi connectivity index (χ3v) is 8.20. The number of esters is 2. The summed E-state index contributed by atoms with van der Waals surface area (Å²) in [5.41, 5.74) is 0. The molecule has 0 aliphatic rings. The van der Waals surface area contributed by atoms with E-state index in [0.29, 0.717) is 13.2 Å². The SMILES string of the molecule is CC(C)CCCCCCCCCCCCOC(=O)CSCC(=O)OCCCCCCCCCCCCC(C)C. The minimum absolute atomic E-state index is 0.221. The molecule has 0 heterocycles. The molecule has 0 atom stereocenters. The summed E-state index contributed by atoms with van der Waals surface area (Å²) >= 11 is 1.29. The molecule has 0 fully saturated rings. The maximum absolute atomic E-state index is 11.8. The van der Waals surface area contributed by atoms with Crippen LogP contribution in [-0.2, 0) is 19.1 Å². The number of thioether (sulfide) groups is 1.